The van der Waals surface area contributed by atoms with Gasteiger partial charge in [-0.1, -0.05) is 12.1 Å². The first-order valence-corrected chi connectivity index (χ1v) is 12.1. The fraction of sp³-hybridized carbons (Fsp3) is 0.261. The van der Waals surface area contributed by atoms with E-state index >= 15 is 0 Å². The summed E-state index contributed by atoms with van der Waals surface area (Å²) in [7, 11) is -3.77. The maximum atomic E-state index is 11.8. The molecule has 0 radical (unpaired) electrons. The highest BCUT2D eigenvalue weighted by molar-refractivity contribution is 7.89. The summed E-state index contributed by atoms with van der Waals surface area (Å²) in [5.74, 6) is 0.386. The van der Waals surface area contributed by atoms with Crippen LogP contribution in [0.5, 0.6) is 23.0 Å². The van der Waals surface area contributed by atoms with Crippen molar-refractivity contribution in [2.75, 3.05) is 13.2 Å². The number of benzene rings is 2. The van der Waals surface area contributed by atoms with Crippen molar-refractivity contribution in [2.45, 2.75) is 25.7 Å². The van der Waals surface area contributed by atoms with Crippen molar-refractivity contribution in [3.63, 3.8) is 0 Å². The highest BCUT2D eigenvalue weighted by atomic mass is 32.2. The number of ether oxygens (including phenoxy) is 2. The molecule has 0 amide bonds. The molecule has 2 aromatic carbocycles. The molecule has 2 heterocycles. The van der Waals surface area contributed by atoms with E-state index in [1.165, 1.54) is 18.2 Å². The summed E-state index contributed by atoms with van der Waals surface area (Å²) < 4.78 is 42.2. The molecule has 3 aromatic rings. The normalized spacial score (nSPS) is 16.2. The third kappa shape index (κ3) is 5.16. The number of nitrogens with zero attached hydrogens (tertiary/aromatic N) is 2. The van der Waals surface area contributed by atoms with Crippen molar-refractivity contribution in [1.82, 2.24) is 9.55 Å². The van der Waals surface area contributed by atoms with E-state index in [0.29, 0.717) is 35.6 Å². The summed E-state index contributed by atoms with van der Waals surface area (Å²) >= 11 is 0. The number of phenolic OH excluding ortho intramolecular Hbond substituents is 2. The van der Waals surface area contributed by atoms with Crippen molar-refractivity contribution in [3.05, 3.63) is 71.2 Å². The summed E-state index contributed by atoms with van der Waals surface area (Å²) in [6, 6.07) is 8.96. The van der Waals surface area contributed by atoms with Crippen LogP contribution < -0.4 is 15.2 Å². The number of rotatable bonds is 9. The van der Waals surface area contributed by atoms with Gasteiger partial charge in [-0.15, -0.1) is 0 Å². The van der Waals surface area contributed by atoms with Crippen LogP contribution in [0.1, 0.15) is 29.8 Å². The molecular formula is C23H25N3O7S. The summed E-state index contributed by atoms with van der Waals surface area (Å²) in [6.45, 7) is 2.08. The molecule has 1 aliphatic rings. The van der Waals surface area contributed by atoms with Crippen LogP contribution in [0.3, 0.4) is 0 Å². The lowest BCUT2D eigenvalue weighted by Gasteiger charge is -2.24. The van der Waals surface area contributed by atoms with E-state index in [1.807, 2.05) is 6.20 Å². The smallest absolute Gasteiger partial charge is 0.290 e. The van der Waals surface area contributed by atoms with Crippen molar-refractivity contribution in [3.8, 4) is 23.0 Å². The molecule has 1 aliphatic heterocycles. The number of imidazole rings is 1. The molecule has 11 heteroatoms. The van der Waals surface area contributed by atoms with Crippen molar-refractivity contribution in [2.24, 2.45) is 5.73 Å². The van der Waals surface area contributed by atoms with E-state index in [0.717, 1.165) is 11.1 Å². The Hall–Kier alpha value is -3.54. The van der Waals surface area contributed by atoms with Gasteiger partial charge in [0.05, 0.1) is 24.0 Å². The van der Waals surface area contributed by atoms with Crippen LogP contribution in [0.4, 0.5) is 0 Å². The predicted molar refractivity (Wildman–Crippen MR) is 124 cm³/mol. The Morgan fingerprint density at radius 2 is 1.97 bits per heavy atom. The largest absolute Gasteiger partial charge is 0.504 e. The molecule has 4 rings (SSSR count). The number of aromatic nitrogens is 2. The van der Waals surface area contributed by atoms with Gasteiger partial charge in [-0.05, 0) is 54.9 Å². The average molecular weight is 488 g/mol. The van der Waals surface area contributed by atoms with Crippen LogP contribution in [-0.4, -0.2) is 47.6 Å². The van der Waals surface area contributed by atoms with Crippen LogP contribution >= 0.6 is 0 Å². The predicted octanol–water partition coefficient (Wildman–Crippen LogP) is 2.52. The van der Waals surface area contributed by atoms with Gasteiger partial charge in [0.25, 0.3) is 16.4 Å². The minimum atomic E-state index is -3.77. The number of hydrogen-bond donors (Lipinski definition) is 3. The molecule has 0 bridgehead atoms. The van der Waals surface area contributed by atoms with Gasteiger partial charge in [0.15, 0.2) is 23.0 Å². The van der Waals surface area contributed by atoms with E-state index in [2.05, 4.69) is 4.98 Å². The fourth-order valence-corrected chi connectivity index (χ4v) is 4.32. The zero-order valence-corrected chi connectivity index (χ0v) is 19.2. The molecule has 4 N–H and O–H groups in total. The molecule has 2 atom stereocenters. The van der Waals surface area contributed by atoms with Crippen LogP contribution in [0, 0.1) is 0 Å². The Balaban J connectivity index is 1.64. The Kier molecular flexibility index (Phi) is 6.77. The van der Waals surface area contributed by atoms with E-state index in [1.54, 1.807) is 42.1 Å². The van der Waals surface area contributed by atoms with E-state index in [-0.39, 0.29) is 18.1 Å². The first-order valence-electron chi connectivity index (χ1n) is 10.6. The maximum Gasteiger partial charge on any atom is 0.290 e. The zero-order chi connectivity index (χ0) is 24.3. The summed E-state index contributed by atoms with van der Waals surface area (Å²) in [5, 5.41) is 20.8. The minimum Gasteiger partial charge on any atom is -0.504 e. The first kappa shape index (κ1) is 23.6. The van der Waals surface area contributed by atoms with Crippen LogP contribution in [0.15, 0.2) is 54.3 Å². The Morgan fingerprint density at radius 3 is 2.71 bits per heavy atom. The van der Waals surface area contributed by atoms with Crippen LogP contribution in [-0.2, 0) is 20.7 Å². The number of hydrogen-bond acceptors (Lipinski definition) is 9. The molecule has 34 heavy (non-hydrogen) atoms. The Labute approximate surface area is 197 Å². The molecule has 2 unspecified atom stereocenters. The van der Waals surface area contributed by atoms with E-state index in [9.17, 15) is 18.6 Å². The van der Waals surface area contributed by atoms with Gasteiger partial charge in [-0.2, -0.15) is 8.42 Å². The molecule has 0 spiro atoms. The third-order valence-electron chi connectivity index (χ3n) is 5.14. The monoisotopic (exact) mass is 487 g/mol. The SMILES string of the molecule is CCOS(=O)(=O)/C=C/c1ccc2c(c1)OC(C(c1ccc(O)c(O)c1)n1cnc(CCN)c1)O2. The number of fused-ring (bicyclic) bond motifs is 1. The maximum absolute atomic E-state index is 11.8. The van der Waals surface area contributed by atoms with Gasteiger partial charge in [-0.3, -0.25) is 4.18 Å². The molecule has 180 valence electrons. The van der Waals surface area contributed by atoms with Gasteiger partial charge >= 0.3 is 0 Å². The summed E-state index contributed by atoms with van der Waals surface area (Å²) in [4.78, 5) is 4.37. The standard InChI is InChI=1S/C23H25N3O7S/c1-2-31-34(29,30)10-8-15-3-6-20-21(11-15)33-23(32-20)22(16-4-5-18(27)19(28)12-16)26-13-17(7-9-24)25-14-26/h3-6,8,10-14,22-23,27-28H,2,7,9,24H2,1H3/b10-8+. The second kappa shape index (κ2) is 9.75. The van der Waals surface area contributed by atoms with Gasteiger partial charge in [0, 0.05) is 12.6 Å². The Bertz CT molecular complexity index is 1300. The second-order valence-corrected chi connectivity index (χ2v) is 9.05. The molecule has 0 fully saturated rings. The van der Waals surface area contributed by atoms with Gasteiger partial charge < -0.3 is 30.0 Å². The number of phenols is 2. The topological polar surface area (TPSA) is 146 Å². The lowest BCUT2D eigenvalue weighted by molar-refractivity contribution is 0.0148. The highest BCUT2D eigenvalue weighted by Gasteiger charge is 2.35. The van der Waals surface area contributed by atoms with Crippen molar-refractivity contribution in [1.29, 1.82) is 0 Å². The fourth-order valence-electron chi connectivity index (χ4n) is 3.59. The first-order chi connectivity index (χ1) is 16.3. The quantitative estimate of drug-likeness (QED) is 0.306. The molecule has 0 aliphatic carbocycles. The molecule has 0 saturated heterocycles. The van der Waals surface area contributed by atoms with Gasteiger partial charge in [-0.25, -0.2) is 4.98 Å². The highest BCUT2D eigenvalue weighted by Crippen LogP contribution is 2.41. The minimum absolute atomic E-state index is 0.0466. The molecule has 1 aromatic heterocycles. The summed E-state index contributed by atoms with van der Waals surface area (Å²) in [5.41, 5.74) is 7.63. The lowest BCUT2D eigenvalue weighted by atomic mass is 10.1. The zero-order valence-electron chi connectivity index (χ0n) is 18.4. The van der Waals surface area contributed by atoms with Crippen LogP contribution in [0.2, 0.25) is 0 Å². The average Bonchev–Trinajstić information content (AvgIpc) is 3.42. The lowest BCUT2D eigenvalue weighted by Crippen LogP contribution is -2.31. The number of aromatic hydroxyl groups is 2. The third-order valence-corrected chi connectivity index (χ3v) is 6.17. The van der Waals surface area contributed by atoms with E-state index in [4.69, 9.17) is 19.4 Å². The molecule has 10 nitrogen and oxygen atoms in total. The second-order valence-electron chi connectivity index (χ2n) is 7.56. The molecule has 0 saturated carbocycles. The van der Waals surface area contributed by atoms with Crippen LogP contribution in [0.25, 0.3) is 6.08 Å². The van der Waals surface area contributed by atoms with Gasteiger partial charge in [0.1, 0.15) is 6.04 Å². The van der Waals surface area contributed by atoms with Crippen molar-refractivity contribution >= 4 is 16.2 Å². The summed E-state index contributed by atoms with van der Waals surface area (Å²) in [6.07, 6.45) is 4.62. The van der Waals surface area contributed by atoms with E-state index < -0.39 is 22.4 Å². The Morgan fingerprint density at radius 1 is 1.18 bits per heavy atom. The van der Waals surface area contributed by atoms with Gasteiger partial charge in [0.2, 0.25) is 0 Å². The molecular weight excluding hydrogens is 462 g/mol. The number of nitrogens with two attached hydrogens (primary N) is 1. The van der Waals surface area contributed by atoms with Crippen molar-refractivity contribution < 1.29 is 32.3 Å².